The topological polar surface area (TPSA) is 70.8 Å². The van der Waals surface area contributed by atoms with E-state index in [1.54, 1.807) is 17.0 Å². The number of nitrogens with zero attached hydrogens (tertiary/aromatic N) is 2. The van der Waals surface area contributed by atoms with E-state index in [9.17, 15) is 17.6 Å². The summed E-state index contributed by atoms with van der Waals surface area (Å²) in [6, 6.07) is 16.3. The molecule has 3 aromatic rings. The van der Waals surface area contributed by atoms with E-state index >= 15 is 0 Å². The Morgan fingerprint density at radius 2 is 1.77 bits per heavy atom. The largest absolute Gasteiger partial charge is 0.468 e. The number of halogens is 1. The molecule has 1 aliphatic heterocycles. The highest BCUT2D eigenvalue weighted by Crippen LogP contribution is 2.23. The molecule has 0 fully saturated rings. The second kappa shape index (κ2) is 8.41. The average molecular weight is 428 g/mol. The number of carbonyl (C=O) groups excluding carboxylic acids is 1. The lowest BCUT2D eigenvalue weighted by molar-refractivity contribution is -0.132. The Morgan fingerprint density at radius 3 is 2.50 bits per heavy atom. The van der Waals surface area contributed by atoms with Gasteiger partial charge in [-0.3, -0.25) is 4.79 Å². The predicted molar refractivity (Wildman–Crippen MR) is 108 cm³/mol. The quantitative estimate of drug-likeness (QED) is 0.605. The molecule has 0 bridgehead atoms. The fourth-order valence-electron chi connectivity index (χ4n) is 3.55. The highest BCUT2D eigenvalue weighted by molar-refractivity contribution is 7.89. The van der Waals surface area contributed by atoms with Crippen molar-refractivity contribution in [2.75, 3.05) is 13.1 Å². The third-order valence-electron chi connectivity index (χ3n) is 5.16. The summed E-state index contributed by atoms with van der Waals surface area (Å²) in [5.41, 5.74) is 2.24. The lowest BCUT2D eigenvalue weighted by Gasteiger charge is -2.31. The Bertz CT molecular complexity index is 1150. The molecule has 0 saturated heterocycles. The standard InChI is InChI=1S/C22H21FN2O4S/c23-20-9-3-4-10-21(20)30(27,28)25(15-19-8-5-13-29-19)16-22(26)24-12-11-17-6-1-2-7-18(17)14-24/h1-10,13H,11-12,14-16H2. The van der Waals surface area contributed by atoms with Crippen molar-refractivity contribution in [2.45, 2.75) is 24.4 Å². The molecule has 30 heavy (non-hydrogen) atoms. The van der Waals surface area contributed by atoms with Crippen LogP contribution >= 0.6 is 0 Å². The van der Waals surface area contributed by atoms with Gasteiger partial charge in [-0.2, -0.15) is 4.31 Å². The number of furan rings is 1. The Balaban J connectivity index is 1.59. The van der Waals surface area contributed by atoms with Crippen molar-refractivity contribution < 1.29 is 22.0 Å². The van der Waals surface area contributed by atoms with Crippen molar-refractivity contribution in [2.24, 2.45) is 0 Å². The first-order valence-corrected chi connectivity index (χ1v) is 11.0. The normalized spacial score (nSPS) is 14.0. The van der Waals surface area contributed by atoms with Crippen molar-refractivity contribution in [3.05, 3.63) is 89.6 Å². The Labute approximate surface area is 174 Å². The first-order valence-electron chi connectivity index (χ1n) is 9.57. The van der Waals surface area contributed by atoms with Crippen molar-refractivity contribution in [3.63, 3.8) is 0 Å². The van der Waals surface area contributed by atoms with Crippen molar-refractivity contribution in [3.8, 4) is 0 Å². The minimum atomic E-state index is -4.25. The maximum absolute atomic E-state index is 14.3. The van der Waals surface area contributed by atoms with Gasteiger partial charge in [0, 0.05) is 13.1 Å². The van der Waals surface area contributed by atoms with Crippen LogP contribution < -0.4 is 0 Å². The van der Waals surface area contributed by atoms with Gasteiger partial charge >= 0.3 is 0 Å². The molecule has 0 radical (unpaired) electrons. The summed E-state index contributed by atoms with van der Waals surface area (Å²) in [5.74, 6) is -0.830. The zero-order chi connectivity index (χ0) is 21.1. The molecule has 0 unspecified atom stereocenters. The monoisotopic (exact) mass is 428 g/mol. The van der Waals surface area contributed by atoms with Crippen LogP contribution in [0.1, 0.15) is 16.9 Å². The molecular formula is C22H21FN2O4S. The average Bonchev–Trinajstić information content (AvgIpc) is 3.26. The lowest BCUT2D eigenvalue weighted by Crippen LogP contribution is -2.44. The maximum atomic E-state index is 14.3. The first-order chi connectivity index (χ1) is 14.4. The van der Waals surface area contributed by atoms with Crippen molar-refractivity contribution in [1.82, 2.24) is 9.21 Å². The molecule has 2 heterocycles. The number of amides is 1. The summed E-state index contributed by atoms with van der Waals surface area (Å²) in [6.07, 6.45) is 2.13. The number of rotatable bonds is 6. The molecule has 4 rings (SSSR count). The van der Waals surface area contributed by atoms with Crippen LogP contribution in [0.5, 0.6) is 0 Å². The second-order valence-corrected chi connectivity index (χ2v) is 9.02. The number of fused-ring (bicyclic) bond motifs is 1. The van der Waals surface area contributed by atoms with Crippen LogP contribution in [0.25, 0.3) is 0 Å². The summed E-state index contributed by atoms with van der Waals surface area (Å²) < 4.78 is 46.8. The van der Waals surface area contributed by atoms with E-state index in [2.05, 4.69) is 0 Å². The van der Waals surface area contributed by atoms with Gasteiger partial charge in [-0.25, -0.2) is 12.8 Å². The summed E-state index contributed by atoms with van der Waals surface area (Å²) in [6.45, 7) is 0.354. The van der Waals surface area contributed by atoms with Crippen LogP contribution in [0.3, 0.4) is 0 Å². The molecule has 0 N–H and O–H groups in total. The van der Waals surface area contributed by atoms with Gasteiger partial charge in [0.25, 0.3) is 0 Å². The molecule has 156 valence electrons. The van der Waals surface area contributed by atoms with Gasteiger partial charge in [0.15, 0.2) is 0 Å². The zero-order valence-corrected chi connectivity index (χ0v) is 17.0. The third kappa shape index (κ3) is 4.15. The zero-order valence-electron chi connectivity index (χ0n) is 16.2. The second-order valence-electron chi connectivity index (χ2n) is 7.12. The van der Waals surface area contributed by atoms with Crippen LogP contribution in [0.4, 0.5) is 4.39 Å². The van der Waals surface area contributed by atoms with Crippen LogP contribution in [0, 0.1) is 5.82 Å². The summed E-state index contributed by atoms with van der Waals surface area (Å²) >= 11 is 0. The molecule has 1 amide bonds. The highest BCUT2D eigenvalue weighted by atomic mass is 32.2. The van der Waals surface area contributed by atoms with E-state index in [4.69, 9.17) is 4.42 Å². The smallest absolute Gasteiger partial charge is 0.246 e. The van der Waals surface area contributed by atoms with Crippen LogP contribution in [-0.4, -0.2) is 36.6 Å². The Morgan fingerprint density at radius 1 is 1.03 bits per heavy atom. The SMILES string of the molecule is O=C(CN(Cc1ccco1)S(=O)(=O)c1ccccc1F)N1CCc2ccccc2C1. The number of benzene rings is 2. The summed E-state index contributed by atoms with van der Waals surface area (Å²) in [4.78, 5) is 14.2. The fourth-order valence-corrected chi connectivity index (χ4v) is 4.98. The number of carbonyl (C=O) groups is 1. The molecular weight excluding hydrogens is 407 g/mol. The van der Waals surface area contributed by atoms with E-state index in [1.807, 2.05) is 24.3 Å². The molecule has 1 aliphatic rings. The van der Waals surface area contributed by atoms with Gasteiger partial charge in [-0.05, 0) is 41.8 Å². The van der Waals surface area contributed by atoms with Crippen LogP contribution in [0.15, 0.2) is 76.2 Å². The highest BCUT2D eigenvalue weighted by Gasteiger charge is 2.32. The van der Waals surface area contributed by atoms with Gasteiger partial charge < -0.3 is 9.32 Å². The van der Waals surface area contributed by atoms with E-state index in [1.165, 1.54) is 30.0 Å². The molecule has 0 saturated carbocycles. The number of hydrogen-bond donors (Lipinski definition) is 0. The first kappa shape index (κ1) is 20.3. The van der Waals surface area contributed by atoms with Gasteiger partial charge in [-0.15, -0.1) is 0 Å². The van der Waals surface area contributed by atoms with E-state index in [0.29, 0.717) is 25.3 Å². The van der Waals surface area contributed by atoms with E-state index < -0.39 is 27.3 Å². The fraction of sp³-hybridized carbons (Fsp3) is 0.227. The summed E-state index contributed by atoms with van der Waals surface area (Å²) in [5, 5.41) is 0. The minimum absolute atomic E-state index is 0.167. The molecule has 8 heteroatoms. The van der Waals surface area contributed by atoms with E-state index in [0.717, 1.165) is 15.9 Å². The predicted octanol–water partition coefficient (Wildman–Crippen LogP) is 3.19. The lowest BCUT2D eigenvalue weighted by atomic mass is 10.00. The van der Waals surface area contributed by atoms with Crippen LogP contribution in [0.2, 0.25) is 0 Å². The van der Waals surface area contributed by atoms with Gasteiger partial charge in [0.05, 0.1) is 19.4 Å². The van der Waals surface area contributed by atoms with Gasteiger partial charge in [0.2, 0.25) is 15.9 Å². The minimum Gasteiger partial charge on any atom is -0.468 e. The molecule has 1 aromatic heterocycles. The van der Waals surface area contributed by atoms with Gasteiger partial charge in [-0.1, -0.05) is 36.4 Å². The molecule has 0 atom stereocenters. The Kier molecular flexibility index (Phi) is 5.69. The molecule has 2 aromatic carbocycles. The van der Waals surface area contributed by atoms with Gasteiger partial charge in [0.1, 0.15) is 16.5 Å². The third-order valence-corrected chi connectivity index (χ3v) is 6.99. The summed E-state index contributed by atoms with van der Waals surface area (Å²) in [7, 11) is -4.25. The van der Waals surface area contributed by atoms with Crippen molar-refractivity contribution in [1.29, 1.82) is 0 Å². The van der Waals surface area contributed by atoms with Crippen LogP contribution in [-0.2, 0) is 34.3 Å². The molecule has 0 spiro atoms. The molecule has 0 aliphatic carbocycles. The van der Waals surface area contributed by atoms with E-state index in [-0.39, 0.29) is 12.5 Å². The van der Waals surface area contributed by atoms with Crippen molar-refractivity contribution >= 4 is 15.9 Å². The Hall–Kier alpha value is -2.97. The number of sulfonamides is 1. The number of hydrogen-bond acceptors (Lipinski definition) is 4. The molecule has 6 nitrogen and oxygen atoms in total. The maximum Gasteiger partial charge on any atom is 0.246 e.